The Morgan fingerprint density at radius 2 is 1.59 bits per heavy atom. The normalized spacial score (nSPS) is 15.5. The molecular formula is C20H18ClNO3S2. The van der Waals surface area contributed by atoms with Crippen molar-refractivity contribution in [2.45, 2.75) is 6.42 Å². The Balaban J connectivity index is 1.43. The topological polar surface area (TPSA) is 38.8 Å². The summed E-state index contributed by atoms with van der Waals surface area (Å²) in [5.41, 5.74) is 0.933. The highest BCUT2D eigenvalue weighted by Crippen LogP contribution is 2.31. The Kier molecular flexibility index (Phi) is 6.77. The van der Waals surface area contributed by atoms with Gasteiger partial charge in [0.2, 0.25) is 0 Å². The van der Waals surface area contributed by atoms with E-state index < -0.39 is 0 Å². The number of carbonyl (C=O) groups is 1. The third-order valence-corrected chi connectivity index (χ3v) is 5.54. The summed E-state index contributed by atoms with van der Waals surface area (Å²) < 4.78 is 11.9. The lowest BCUT2D eigenvalue weighted by Gasteiger charge is -2.08. The molecule has 1 amide bonds. The molecule has 0 saturated carbocycles. The molecule has 7 heteroatoms. The van der Waals surface area contributed by atoms with E-state index in [-0.39, 0.29) is 5.91 Å². The van der Waals surface area contributed by atoms with E-state index in [1.165, 1.54) is 16.7 Å². The van der Waals surface area contributed by atoms with Crippen LogP contribution < -0.4 is 9.47 Å². The van der Waals surface area contributed by atoms with Crippen LogP contribution in [0.5, 0.6) is 11.5 Å². The molecule has 27 heavy (non-hydrogen) atoms. The quantitative estimate of drug-likeness (QED) is 0.358. The predicted molar refractivity (Wildman–Crippen MR) is 114 cm³/mol. The number of hydrogen-bond donors (Lipinski definition) is 0. The van der Waals surface area contributed by atoms with E-state index in [9.17, 15) is 4.79 Å². The van der Waals surface area contributed by atoms with Crippen molar-refractivity contribution < 1.29 is 14.3 Å². The molecule has 1 heterocycles. The molecule has 3 rings (SSSR count). The molecule has 1 aliphatic heterocycles. The molecule has 0 atom stereocenters. The Morgan fingerprint density at radius 3 is 2.11 bits per heavy atom. The van der Waals surface area contributed by atoms with Crippen molar-refractivity contribution >= 4 is 51.9 Å². The molecule has 2 aromatic rings. The van der Waals surface area contributed by atoms with Crippen LogP contribution in [0.1, 0.15) is 12.0 Å². The number of thiocarbonyl (C=S) groups is 1. The largest absolute Gasteiger partial charge is 0.493 e. The van der Waals surface area contributed by atoms with Crippen molar-refractivity contribution in [3.63, 3.8) is 0 Å². The number of carbonyl (C=O) groups excluding carboxylic acids is 1. The van der Waals surface area contributed by atoms with E-state index in [1.807, 2.05) is 42.5 Å². The van der Waals surface area contributed by atoms with Gasteiger partial charge in [-0.25, -0.2) is 0 Å². The smallest absolute Gasteiger partial charge is 0.265 e. The summed E-state index contributed by atoms with van der Waals surface area (Å²) in [5, 5.41) is 0.690. The van der Waals surface area contributed by atoms with Crippen molar-refractivity contribution in [2.24, 2.45) is 0 Å². The molecule has 1 saturated heterocycles. The summed E-state index contributed by atoms with van der Waals surface area (Å²) >= 11 is 12.3. The lowest BCUT2D eigenvalue weighted by atomic mass is 10.2. The number of halogens is 1. The summed E-state index contributed by atoms with van der Waals surface area (Å²) in [6.45, 7) is 1.13. The second-order valence-electron chi connectivity index (χ2n) is 5.81. The van der Waals surface area contributed by atoms with Gasteiger partial charge in [-0.2, -0.15) is 0 Å². The van der Waals surface area contributed by atoms with Gasteiger partial charge in [-0.1, -0.05) is 47.7 Å². The second-order valence-corrected chi connectivity index (χ2v) is 7.93. The maximum Gasteiger partial charge on any atom is 0.265 e. The maximum absolute atomic E-state index is 12.0. The van der Waals surface area contributed by atoms with Crippen molar-refractivity contribution in [3.8, 4) is 11.5 Å². The fourth-order valence-electron chi connectivity index (χ4n) is 2.33. The van der Waals surface area contributed by atoms with Gasteiger partial charge in [-0.15, -0.1) is 0 Å². The lowest BCUT2D eigenvalue weighted by molar-refractivity contribution is -0.121. The molecule has 0 spiro atoms. The zero-order valence-electron chi connectivity index (χ0n) is 14.7. The van der Waals surface area contributed by atoms with Crippen molar-refractivity contribution in [2.75, 3.05) is 20.3 Å². The van der Waals surface area contributed by atoms with E-state index in [2.05, 4.69) is 0 Å². The van der Waals surface area contributed by atoms with Crippen LogP contribution in [0, 0.1) is 0 Å². The molecule has 0 unspecified atom stereocenters. The summed E-state index contributed by atoms with van der Waals surface area (Å²) in [5.74, 6) is 1.51. The zero-order valence-corrected chi connectivity index (χ0v) is 17.1. The Bertz CT molecular complexity index is 851. The van der Waals surface area contributed by atoms with Crippen LogP contribution >= 0.6 is 35.6 Å². The molecule has 140 valence electrons. The first-order chi connectivity index (χ1) is 13.0. The number of benzene rings is 2. The summed E-state index contributed by atoms with van der Waals surface area (Å²) in [4.78, 5) is 14.1. The van der Waals surface area contributed by atoms with Gasteiger partial charge < -0.3 is 9.47 Å². The summed E-state index contributed by atoms with van der Waals surface area (Å²) in [6.07, 6.45) is 2.61. The molecule has 0 aromatic heterocycles. The molecule has 0 aliphatic carbocycles. The van der Waals surface area contributed by atoms with E-state index in [0.29, 0.717) is 27.5 Å². The minimum absolute atomic E-state index is 0.0639. The number of hydrogen-bond acceptors (Lipinski definition) is 5. The van der Waals surface area contributed by atoms with Crippen molar-refractivity contribution in [1.29, 1.82) is 0 Å². The molecule has 1 aliphatic rings. The predicted octanol–water partition coefficient (Wildman–Crippen LogP) is 5.02. The SMILES string of the molecule is CN1C(=O)C(=Cc2ccc(OCCCOc3ccc(Cl)cc3)cc2)SC1=S. The number of amides is 1. The van der Waals surface area contributed by atoms with Gasteiger partial charge in [0.25, 0.3) is 5.91 Å². The van der Waals surface area contributed by atoms with Crippen LogP contribution in [0.2, 0.25) is 5.02 Å². The van der Waals surface area contributed by atoms with Crippen LogP contribution in [-0.2, 0) is 4.79 Å². The first-order valence-corrected chi connectivity index (χ1v) is 9.96. The number of nitrogens with zero attached hydrogens (tertiary/aromatic N) is 1. The van der Waals surface area contributed by atoms with Gasteiger partial charge in [0.05, 0.1) is 18.1 Å². The lowest BCUT2D eigenvalue weighted by Crippen LogP contribution is -2.22. The van der Waals surface area contributed by atoms with Gasteiger partial charge in [0.1, 0.15) is 15.8 Å². The third kappa shape index (κ3) is 5.48. The maximum atomic E-state index is 12.0. The van der Waals surface area contributed by atoms with Crippen molar-refractivity contribution in [1.82, 2.24) is 4.90 Å². The van der Waals surface area contributed by atoms with Crippen LogP contribution in [0.3, 0.4) is 0 Å². The van der Waals surface area contributed by atoms with Crippen molar-refractivity contribution in [3.05, 3.63) is 64.0 Å². The van der Waals surface area contributed by atoms with E-state index in [0.717, 1.165) is 23.5 Å². The van der Waals surface area contributed by atoms with Gasteiger partial charge >= 0.3 is 0 Å². The van der Waals surface area contributed by atoms with Crippen LogP contribution in [0.4, 0.5) is 0 Å². The highest BCUT2D eigenvalue weighted by Gasteiger charge is 2.28. The average molecular weight is 420 g/mol. The molecule has 0 bridgehead atoms. The molecule has 1 fully saturated rings. The average Bonchev–Trinajstić information content (AvgIpc) is 2.91. The molecule has 2 aromatic carbocycles. The molecule has 0 radical (unpaired) electrons. The highest BCUT2D eigenvalue weighted by atomic mass is 35.5. The van der Waals surface area contributed by atoms with Crippen LogP contribution in [0.25, 0.3) is 6.08 Å². The highest BCUT2D eigenvalue weighted by molar-refractivity contribution is 8.26. The van der Waals surface area contributed by atoms with E-state index >= 15 is 0 Å². The molecule has 0 N–H and O–H groups in total. The first kappa shape index (κ1) is 19.7. The second kappa shape index (κ2) is 9.26. The minimum Gasteiger partial charge on any atom is -0.493 e. The van der Waals surface area contributed by atoms with Gasteiger partial charge in [0.15, 0.2) is 0 Å². The Hall–Kier alpha value is -2.02. The van der Waals surface area contributed by atoms with Crippen LogP contribution in [0.15, 0.2) is 53.4 Å². The standard InChI is InChI=1S/C20H18ClNO3S2/c1-22-19(23)18(27-20(22)26)13-14-3-7-16(8-4-14)24-11-2-12-25-17-9-5-15(21)6-10-17/h3-10,13H,2,11-12H2,1H3. The zero-order chi connectivity index (χ0) is 19.2. The summed E-state index contributed by atoms with van der Waals surface area (Å²) in [6, 6.07) is 14.9. The Morgan fingerprint density at radius 1 is 1.04 bits per heavy atom. The summed E-state index contributed by atoms with van der Waals surface area (Å²) in [7, 11) is 1.69. The fourth-order valence-corrected chi connectivity index (χ4v) is 3.63. The number of thioether (sulfide) groups is 1. The minimum atomic E-state index is -0.0639. The number of likely N-dealkylation sites (N-methyl/N-ethyl adjacent to an activating group) is 1. The monoisotopic (exact) mass is 419 g/mol. The Labute approximate surface area is 173 Å². The van der Waals surface area contributed by atoms with Gasteiger partial charge in [0, 0.05) is 18.5 Å². The molecular weight excluding hydrogens is 402 g/mol. The number of rotatable bonds is 7. The van der Waals surface area contributed by atoms with Gasteiger partial charge in [-0.05, 0) is 48.0 Å². The van der Waals surface area contributed by atoms with E-state index in [1.54, 1.807) is 19.2 Å². The first-order valence-electron chi connectivity index (χ1n) is 8.36. The third-order valence-electron chi connectivity index (χ3n) is 3.80. The number of ether oxygens (including phenoxy) is 2. The van der Waals surface area contributed by atoms with Gasteiger partial charge in [-0.3, -0.25) is 9.69 Å². The van der Waals surface area contributed by atoms with Crippen LogP contribution in [-0.4, -0.2) is 35.4 Å². The van der Waals surface area contributed by atoms with E-state index in [4.69, 9.17) is 33.3 Å². The molecule has 4 nitrogen and oxygen atoms in total. The fraction of sp³-hybridized carbons (Fsp3) is 0.200.